The Hall–Kier alpha value is 0.910. The molecule has 54 valence electrons. The maximum Gasteiger partial charge on any atom is 0.0226 e. The van der Waals surface area contributed by atoms with E-state index in [1.807, 2.05) is 0 Å². The van der Waals surface area contributed by atoms with Crippen molar-refractivity contribution in [2.24, 2.45) is 0 Å². The summed E-state index contributed by atoms with van der Waals surface area (Å²) in [5, 5.41) is 0. The minimum atomic E-state index is 1.12. The van der Waals surface area contributed by atoms with Gasteiger partial charge in [-0.15, -0.1) is 0 Å². The number of halogens is 3. The third-order valence-corrected chi connectivity index (χ3v) is 3.65. The summed E-state index contributed by atoms with van der Waals surface area (Å²) in [6.45, 7) is 2.10. The summed E-state index contributed by atoms with van der Waals surface area (Å²) in [6.07, 6.45) is 0. The molecule has 0 fully saturated rings. The van der Waals surface area contributed by atoms with Crippen LogP contribution in [0.2, 0.25) is 0 Å². The summed E-state index contributed by atoms with van der Waals surface area (Å²) < 4.78 is 3.56. The smallest absolute Gasteiger partial charge is 0.0226 e. The number of hydrogen-bond donors (Lipinski definition) is 0. The Kier molecular flexibility index (Phi) is 3.19. The summed E-state index contributed by atoms with van der Waals surface area (Å²) in [7, 11) is 0. The minimum absolute atomic E-state index is 1.12. The van der Waals surface area contributed by atoms with Crippen LogP contribution in [0.5, 0.6) is 0 Å². The van der Waals surface area contributed by atoms with Crippen LogP contribution in [0.4, 0.5) is 0 Å². The molecule has 0 saturated carbocycles. The first-order valence-electron chi connectivity index (χ1n) is 2.72. The Morgan fingerprint density at radius 1 is 1.30 bits per heavy atom. The second-order valence-electron chi connectivity index (χ2n) is 1.99. The lowest BCUT2D eigenvalue weighted by Gasteiger charge is -2.00. The van der Waals surface area contributed by atoms with Crippen LogP contribution in [0.15, 0.2) is 21.1 Å². The van der Waals surface area contributed by atoms with Crippen molar-refractivity contribution in [3.63, 3.8) is 0 Å². The van der Waals surface area contributed by atoms with Crippen molar-refractivity contribution in [3.8, 4) is 0 Å². The van der Waals surface area contributed by atoms with Gasteiger partial charge in [-0.1, -0.05) is 31.9 Å². The van der Waals surface area contributed by atoms with Crippen molar-refractivity contribution in [2.45, 2.75) is 6.92 Å². The summed E-state index contributed by atoms with van der Waals surface area (Å²) in [6, 6.07) is 4.15. The van der Waals surface area contributed by atoms with E-state index in [1.54, 1.807) is 0 Å². The molecule has 3 heteroatoms. The molecule has 0 amide bonds. The summed E-state index contributed by atoms with van der Waals surface area (Å²) in [5.74, 6) is 0. The molecule has 0 nitrogen and oxygen atoms in total. The molecule has 0 radical (unpaired) electrons. The molecule has 0 saturated heterocycles. The lowest BCUT2D eigenvalue weighted by atomic mass is 10.2. The normalized spacial score (nSPS) is 10.0. The fraction of sp³-hybridized carbons (Fsp3) is 0.143. The highest BCUT2D eigenvalue weighted by Crippen LogP contribution is 2.25. The molecule has 1 rings (SSSR count). The lowest BCUT2D eigenvalue weighted by Crippen LogP contribution is -1.81. The van der Waals surface area contributed by atoms with E-state index in [1.165, 1.54) is 9.13 Å². The van der Waals surface area contributed by atoms with Crippen LogP contribution in [0.1, 0.15) is 5.56 Å². The molecule has 0 unspecified atom stereocenters. The fourth-order valence-corrected chi connectivity index (χ4v) is 3.26. The monoisotopic (exact) mass is 374 g/mol. The Morgan fingerprint density at radius 3 is 2.40 bits per heavy atom. The zero-order valence-electron chi connectivity index (χ0n) is 5.29. The van der Waals surface area contributed by atoms with Crippen LogP contribution < -0.4 is 0 Å². The Bertz CT molecular complexity index is 235. The molecule has 0 bridgehead atoms. The third kappa shape index (κ3) is 1.95. The predicted molar refractivity (Wildman–Crippen MR) is 59.3 cm³/mol. The molecule has 0 N–H and O–H groups in total. The Balaban J connectivity index is 3.31. The topological polar surface area (TPSA) is 0 Å². The van der Waals surface area contributed by atoms with E-state index in [9.17, 15) is 0 Å². The van der Waals surface area contributed by atoms with Crippen LogP contribution >= 0.6 is 54.5 Å². The second-order valence-corrected chi connectivity index (χ2v) is 4.93. The maximum absolute atomic E-state index is 3.46. The van der Waals surface area contributed by atoms with Crippen molar-refractivity contribution < 1.29 is 0 Å². The Morgan fingerprint density at radius 2 is 1.90 bits per heavy atom. The van der Waals surface area contributed by atoms with Gasteiger partial charge in [0.05, 0.1) is 0 Å². The lowest BCUT2D eigenvalue weighted by molar-refractivity contribution is 1.38. The molecule has 0 aliphatic heterocycles. The minimum Gasteiger partial charge on any atom is -0.0508 e. The van der Waals surface area contributed by atoms with E-state index < -0.39 is 0 Å². The van der Waals surface area contributed by atoms with Crippen molar-refractivity contribution in [1.29, 1.82) is 0 Å². The van der Waals surface area contributed by atoms with Gasteiger partial charge < -0.3 is 0 Å². The average molecular weight is 376 g/mol. The van der Waals surface area contributed by atoms with Gasteiger partial charge in [0.15, 0.2) is 0 Å². The van der Waals surface area contributed by atoms with E-state index in [2.05, 4.69) is 73.5 Å². The molecule has 0 heterocycles. The molecule has 1 aromatic carbocycles. The SMILES string of the molecule is Cc1c(Br)cc(Br)cc1I. The molecule has 0 aliphatic carbocycles. The summed E-state index contributed by atoms with van der Waals surface area (Å²) >= 11 is 9.19. The van der Waals surface area contributed by atoms with Crippen molar-refractivity contribution in [1.82, 2.24) is 0 Å². The zero-order valence-corrected chi connectivity index (χ0v) is 10.6. The van der Waals surface area contributed by atoms with Crippen LogP contribution in [0.25, 0.3) is 0 Å². The van der Waals surface area contributed by atoms with Crippen molar-refractivity contribution in [3.05, 3.63) is 30.2 Å². The van der Waals surface area contributed by atoms with Gasteiger partial charge in [0.25, 0.3) is 0 Å². The first-order valence-corrected chi connectivity index (χ1v) is 5.39. The summed E-state index contributed by atoms with van der Waals surface area (Å²) in [4.78, 5) is 0. The van der Waals surface area contributed by atoms with Crippen molar-refractivity contribution in [2.75, 3.05) is 0 Å². The zero-order chi connectivity index (χ0) is 7.72. The number of benzene rings is 1. The maximum atomic E-state index is 3.46. The van der Waals surface area contributed by atoms with Gasteiger partial charge >= 0.3 is 0 Å². The van der Waals surface area contributed by atoms with Gasteiger partial charge in [-0.05, 0) is 47.2 Å². The van der Waals surface area contributed by atoms with Crippen LogP contribution in [-0.2, 0) is 0 Å². The highest BCUT2D eigenvalue weighted by Gasteiger charge is 1.99. The predicted octanol–water partition coefficient (Wildman–Crippen LogP) is 4.12. The molecule has 0 spiro atoms. The third-order valence-electron chi connectivity index (χ3n) is 1.25. The van der Waals surface area contributed by atoms with Gasteiger partial charge in [-0.2, -0.15) is 0 Å². The molecule has 10 heavy (non-hydrogen) atoms. The van der Waals surface area contributed by atoms with E-state index in [0.717, 1.165) is 8.95 Å². The molecular formula is C7H5Br2I. The number of rotatable bonds is 0. The van der Waals surface area contributed by atoms with Gasteiger partial charge in [-0.25, -0.2) is 0 Å². The average Bonchev–Trinajstić information content (AvgIpc) is 1.82. The molecule has 0 atom stereocenters. The molecule has 1 aromatic rings. The molecule has 0 aromatic heterocycles. The summed E-state index contributed by atoms with van der Waals surface area (Å²) in [5.41, 5.74) is 1.30. The highest BCUT2D eigenvalue weighted by atomic mass is 127. The van der Waals surface area contributed by atoms with E-state index in [-0.39, 0.29) is 0 Å². The van der Waals surface area contributed by atoms with E-state index in [4.69, 9.17) is 0 Å². The van der Waals surface area contributed by atoms with Gasteiger partial charge in [0.2, 0.25) is 0 Å². The first-order chi connectivity index (χ1) is 4.61. The van der Waals surface area contributed by atoms with Crippen LogP contribution in [-0.4, -0.2) is 0 Å². The standard InChI is InChI=1S/C7H5Br2I/c1-4-6(9)2-5(8)3-7(4)10/h2-3H,1H3. The quantitative estimate of drug-likeness (QED) is 0.598. The molecular weight excluding hydrogens is 371 g/mol. The largest absolute Gasteiger partial charge is 0.0508 e. The van der Waals surface area contributed by atoms with Crippen molar-refractivity contribution >= 4 is 54.5 Å². The van der Waals surface area contributed by atoms with Crippen LogP contribution in [0.3, 0.4) is 0 Å². The van der Waals surface area contributed by atoms with Gasteiger partial charge in [0, 0.05) is 12.5 Å². The molecule has 0 aliphatic rings. The highest BCUT2D eigenvalue weighted by molar-refractivity contribution is 14.1. The Labute approximate surface area is 90.8 Å². The van der Waals surface area contributed by atoms with Gasteiger partial charge in [-0.3, -0.25) is 0 Å². The fourth-order valence-electron chi connectivity index (χ4n) is 0.614. The van der Waals surface area contributed by atoms with E-state index >= 15 is 0 Å². The first kappa shape index (κ1) is 9.00. The van der Waals surface area contributed by atoms with E-state index in [0.29, 0.717) is 0 Å². The second kappa shape index (κ2) is 3.54. The number of hydrogen-bond acceptors (Lipinski definition) is 0. The van der Waals surface area contributed by atoms with Crippen LogP contribution in [0, 0.1) is 10.5 Å². The van der Waals surface area contributed by atoms with Gasteiger partial charge in [0.1, 0.15) is 0 Å².